The summed E-state index contributed by atoms with van der Waals surface area (Å²) in [5, 5.41) is 2.60. The molecule has 2 aliphatic rings. The van der Waals surface area contributed by atoms with Gasteiger partial charge in [0.1, 0.15) is 0 Å². The minimum atomic E-state index is 0.00295. The Kier molecular flexibility index (Phi) is 9.48. The lowest BCUT2D eigenvalue weighted by atomic mass is 9.33. The molecule has 0 aliphatic carbocycles. The maximum Gasteiger partial charge on any atom is 0.254 e. The van der Waals surface area contributed by atoms with E-state index in [0.29, 0.717) is 0 Å². The number of benzene rings is 8. The quantitative estimate of drug-likeness (QED) is 0.154. The maximum absolute atomic E-state index is 2.59. The number of hydrogen-bond acceptors (Lipinski definition) is 4. The van der Waals surface area contributed by atoms with Crippen LogP contribution in [0, 0.1) is 6.92 Å². The molecule has 0 N–H and O–H groups in total. The average Bonchev–Trinajstić information content (AvgIpc) is 3.67. The molecule has 5 heteroatoms. The molecule has 2 aliphatic heterocycles. The number of thiophene rings is 1. The molecule has 3 nitrogen and oxygen atoms in total. The first-order valence-electron chi connectivity index (χ1n) is 22.5. The molecule has 0 saturated carbocycles. The van der Waals surface area contributed by atoms with Crippen LogP contribution in [-0.2, 0) is 10.8 Å². The molecular weight excluding hydrogens is 794 g/mol. The van der Waals surface area contributed by atoms with E-state index in [4.69, 9.17) is 0 Å². The zero-order valence-corrected chi connectivity index (χ0v) is 38.5. The van der Waals surface area contributed by atoms with Gasteiger partial charge in [0.2, 0.25) is 0 Å². The van der Waals surface area contributed by atoms with Crippen LogP contribution < -0.4 is 31.1 Å². The number of para-hydroxylation sites is 3. The molecule has 0 atom stereocenters. The Morgan fingerprint density at radius 3 is 1.69 bits per heavy atom. The van der Waals surface area contributed by atoms with Crippen LogP contribution in [0.4, 0.5) is 50.5 Å². The molecule has 312 valence electrons. The van der Waals surface area contributed by atoms with Gasteiger partial charge >= 0.3 is 0 Å². The Labute approximate surface area is 383 Å². The van der Waals surface area contributed by atoms with Gasteiger partial charge in [0, 0.05) is 50.1 Å². The summed E-state index contributed by atoms with van der Waals surface area (Å²) in [4.78, 5) is 7.51. The van der Waals surface area contributed by atoms with Crippen LogP contribution in [0.25, 0.3) is 21.2 Å². The van der Waals surface area contributed by atoms with E-state index in [9.17, 15) is 0 Å². The van der Waals surface area contributed by atoms with Gasteiger partial charge in [-0.3, -0.25) is 0 Å². The van der Waals surface area contributed by atoms with Crippen molar-refractivity contribution in [3.8, 4) is 11.1 Å². The van der Waals surface area contributed by atoms with E-state index in [-0.39, 0.29) is 17.5 Å². The molecule has 0 fully saturated rings. The first kappa shape index (κ1) is 40.0. The van der Waals surface area contributed by atoms with Gasteiger partial charge in [-0.2, -0.15) is 0 Å². The van der Waals surface area contributed by atoms with E-state index in [1.165, 1.54) is 82.0 Å². The van der Waals surface area contributed by atoms with Crippen LogP contribution in [0.3, 0.4) is 0 Å². The standard InChI is InChI=1S/C59H52BN3S/c1-39-25-35-48-54(37-39)64-57-55(48)60-49-36-34-46(61(43-17-10-8-11-18-43)44-19-12-9-13-20-44)38-53(49)62(45-32-30-42(31-33-45)59(5,6)7)51-23-16-24-52(56(51)60)63(57)50-22-15-14-21-47(50)40-26-28-41(29-27-40)58(2,3)4/h8-38H,1-7H3. The van der Waals surface area contributed by atoms with E-state index in [2.05, 4.69) is 251 Å². The molecule has 8 aromatic carbocycles. The van der Waals surface area contributed by atoms with Gasteiger partial charge in [-0.25, -0.2) is 0 Å². The predicted octanol–water partition coefficient (Wildman–Crippen LogP) is 15.0. The smallest absolute Gasteiger partial charge is 0.254 e. The van der Waals surface area contributed by atoms with Crippen molar-refractivity contribution in [3.05, 3.63) is 205 Å². The highest BCUT2D eigenvalue weighted by Gasteiger charge is 2.45. The lowest BCUT2D eigenvalue weighted by Crippen LogP contribution is -2.61. The van der Waals surface area contributed by atoms with Gasteiger partial charge in [-0.1, -0.05) is 157 Å². The largest absolute Gasteiger partial charge is 0.311 e. The fraction of sp³-hybridized carbons (Fsp3) is 0.153. The third-order valence-corrected chi connectivity index (χ3v) is 14.4. The van der Waals surface area contributed by atoms with Crippen molar-refractivity contribution in [1.29, 1.82) is 0 Å². The monoisotopic (exact) mass is 845 g/mol. The van der Waals surface area contributed by atoms with Crippen LogP contribution in [0.15, 0.2) is 188 Å². The van der Waals surface area contributed by atoms with Gasteiger partial charge in [-0.15, -0.1) is 11.3 Å². The summed E-state index contributed by atoms with van der Waals surface area (Å²) in [6.07, 6.45) is 0. The van der Waals surface area contributed by atoms with Crippen molar-refractivity contribution in [2.24, 2.45) is 0 Å². The van der Waals surface area contributed by atoms with Crippen molar-refractivity contribution in [3.63, 3.8) is 0 Å². The molecule has 11 rings (SSSR count). The van der Waals surface area contributed by atoms with Crippen LogP contribution in [0.1, 0.15) is 58.2 Å². The number of nitrogens with zero attached hydrogens (tertiary/aromatic N) is 3. The zero-order valence-electron chi connectivity index (χ0n) is 37.7. The van der Waals surface area contributed by atoms with E-state index in [1.54, 1.807) is 0 Å². The van der Waals surface area contributed by atoms with Crippen molar-refractivity contribution >= 4 is 95.0 Å². The summed E-state index contributed by atoms with van der Waals surface area (Å²) in [5.74, 6) is 0. The van der Waals surface area contributed by atoms with Crippen molar-refractivity contribution in [2.45, 2.75) is 59.3 Å². The fourth-order valence-electron chi connectivity index (χ4n) is 9.98. The van der Waals surface area contributed by atoms with Crippen molar-refractivity contribution in [2.75, 3.05) is 14.7 Å². The summed E-state index contributed by atoms with van der Waals surface area (Å²) in [6.45, 7) is 15.9. The highest BCUT2D eigenvalue weighted by molar-refractivity contribution is 7.26. The van der Waals surface area contributed by atoms with Gasteiger partial charge in [0.15, 0.2) is 0 Å². The molecule has 0 bridgehead atoms. The van der Waals surface area contributed by atoms with E-state index < -0.39 is 0 Å². The third kappa shape index (κ3) is 6.64. The second kappa shape index (κ2) is 15.2. The number of rotatable bonds is 6. The maximum atomic E-state index is 2.59. The molecule has 0 radical (unpaired) electrons. The first-order chi connectivity index (χ1) is 30.9. The number of anilines is 9. The summed E-state index contributed by atoms with van der Waals surface area (Å²) >= 11 is 1.92. The average molecular weight is 846 g/mol. The summed E-state index contributed by atoms with van der Waals surface area (Å²) in [6, 6.07) is 70.3. The van der Waals surface area contributed by atoms with Crippen molar-refractivity contribution < 1.29 is 0 Å². The van der Waals surface area contributed by atoms with E-state index in [0.717, 1.165) is 22.7 Å². The minimum Gasteiger partial charge on any atom is -0.311 e. The Bertz CT molecular complexity index is 3160. The molecule has 3 heterocycles. The fourth-order valence-corrected chi connectivity index (χ4v) is 11.3. The van der Waals surface area contributed by atoms with E-state index in [1.807, 2.05) is 11.3 Å². The number of hydrogen-bond donors (Lipinski definition) is 0. The van der Waals surface area contributed by atoms with Gasteiger partial charge in [0.25, 0.3) is 6.71 Å². The lowest BCUT2D eigenvalue weighted by Gasteiger charge is -2.43. The Balaban J connectivity index is 1.19. The van der Waals surface area contributed by atoms with E-state index >= 15 is 0 Å². The Morgan fingerprint density at radius 1 is 0.469 bits per heavy atom. The molecule has 1 aromatic heterocycles. The normalized spacial score (nSPS) is 13.1. The number of aryl methyl sites for hydroxylation is 1. The highest BCUT2D eigenvalue weighted by atomic mass is 32.1. The molecule has 0 unspecified atom stereocenters. The summed E-state index contributed by atoms with van der Waals surface area (Å²) < 4.78 is 1.31. The van der Waals surface area contributed by atoms with Crippen LogP contribution in [0.2, 0.25) is 0 Å². The molecule has 9 aromatic rings. The molecule has 0 spiro atoms. The SMILES string of the molecule is Cc1ccc2c3c(sc2c1)N(c1ccccc1-c1ccc(C(C)(C)C)cc1)c1cccc2c1B3c1ccc(N(c3ccccc3)c3ccccc3)cc1N2c1ccc(C(C)(C)C)cc1. The number of fused-ring (bicyclic) bond motifs is 6. The second-order valence-corrected chi connectivity index (χ2v) is 20.6. The van der Waals surface area contributed by atoms with Crippen LogP contribution in [0.5, 0.6) is 0 Å². The van der Waals surface area contributed by atoms with Gasteiger partial charge in [0.05, 0.1) is 10.7 Å². The topological polar surface area (TPSA) is 9.72 Å². The summed E-state index contributed by atoms with van der Waals surface area (Å²) in [7, 11) is 0. The minimum absolute atomic E-state index is 0.00295. The molecule has 0 saturated heterocycles. The zero-order chi connectivity index (χ0) is 43.9. The third-order valence-electron chi connectivity index (χ3n) is 13.2. The van der Waals surface area contributed by atoms with Crippen molar-refractivity contribution in [1.82, 2.24) is 0 Å². The second-order valence-electron chi connectivity index (χ2n) is 19.5. The Hall–Kier alpha value is -6.82. The molecule has 0 amide bonds. The van der Waals surface area contributed by atoms with Gasteiger partial charge < -0.3 is 14.7 Å². The van der Waals surface area contributed by atoms with Crippen LogP contribution >= 0.6 is 11.3 Å². The first-order valence-corrected chi connectivity index (χ1v) is 23.4. The van der Waals surface area contributed by atoms with Gasteiger partial charge in [-0.05, 0) is 135 Å². The van der Waals surface area contributed by atoms with Crippen LogP contribution in [-0.4, -0.2) is 6.71 Å². The molecular formula is C59H52BN3S. The predicted molar refractivity (Wildman–Crippen MR) is 278 cm³/mol. The molecule has 64 heavy (non-hydrogen) atoms. The Morgan fingerprint density at radius 2 is 1.05 bits per heavy atom. The lowest BCUT2D eigenvalue weighted by molar-refractivity contribution is 0.590. The summed E-state index contributed by atoms with van der Waals surface area (Å²) in [5.41, 5.74) is 19.8. The highest BCUT2D eigenvalue weighted by Crippen LogP contribution is 2.50.